The summed E-state index contributed by atoms with van der Waals surface area (Å²) >= 11 is 3.35. The standard InChI is InChI=1S/C12H10BrFN2O/c13-5-8-3-12(17)16(7-8)10-1-2-11(14)9(4-10)6-15/h1-2,4,8H,3,5,7H2. The van der Waals surface area contributed by atoms with Gasteiger partial charge in [-0.25, -0.2) is 4.39 Å². The summed E-state index contributed by atoms with van der Waals surface area (Å²) in [6.07, 6.45) is 0.491. The smallest absolute Gasteiger partial charge is 0.227 e. The van der Waals surface area contributed by atoms with Crippen molar-refractivity contribution in [3.63, 3.8) is 0 Å². The van der Waals surface area contributed by atoms with Crippen LogP contribution in [0.3, 0.4) is 0 Å². The van der Waals surface area contributed by atoms with E-state index in [9.17, 15) is 9.18 Å². The molecule has 17 heavy (non-hydrogen) atoms. The normalized spacial score (nSPS) is 19.5. The molecule has 5 heteroatoms. The fraction of sp³-hybridized carbons (Fsp3) is 0.333. The predicted molar refractivity (Wildman–Crippen MR) is 65.4 cm³/mol. The van der Waals surface area contributed by atoms with Gasteiger partial charge in [-0.15, -0.1) is 0 Å². The lowest BCUT2D eigenvalue weighted by Crippen LogP contribution is -2.24. The molecule has 1 aliphatic rings. The van der Waals surface area contributed by atoms with Crippen LogP contribution >= 0.6 is 15.9 Å². The largest absolute Gasteiger partial charge is 0.312 e. The highest BCUT2D eigenvalue weighted by Gasteiger charge is 2.30. The first-order chi connectivity index (χ1) is 8.15. The van der Waals surface area contributed by atoms with Gasteiger partial charge in [0.2, 0.25) is 5.91 Å². The fourth-order valence-electron chi connectivity index (χ4n) is 1.90. The quantitative estimate of drug-likeness (QED) is 0.787. The number of anilines is 1. The van der Waals surface area contributed by atoms with Gasteiger partial charge in [-0.05, 0) is 24.1 Å². The Balaban J connectivity index is 2.30. The molecule has 1 atom stereocenters. The molecule has 0 saturated carbocycles. The SMILES string of the molecule is N#Cc1cc(N2CC(CBr)CC2=O)ccc1F. The lowest BCUT2D eigenvalue weighted by molar-refractivity contribution is -0.117. The van der Waals surface area contributed by atoms with Gasteiger partial charge in [0.25, 0.3) is 0 Å². The van der Waals surface area contributed by atoms with Gasteiger partial charge in [0.15, 0.2) is 0 Å². The highest BCUT2D eigenvalue weighted by atomic mass is 79.9. The first-order valence-electron chi connectivity index (χ1n) is 5.21. The molecule has 88 valence electrons. The molecule has 0 N–H and O–H groups in total. The second-order valence-corrected chi connectivity index (χ2v) is 4.65. The Morgan fingerprint density at radius 2 is 2.35 bits per heavy atom. The molecule has 0 aliphatic carbocycles. The summed E-state index contributed by atoms with van der Waals surface area (Å²) in [6, 6.07) is 5.95. The number of amides is 1. The van der Waals surface area contributed by atoms with Gasteiger partial charge in [-0.3, -0.25) is 4.79 Å². The maximum atomic E-state index is 13.2. The Morgan fingerprint density at radius 1 is 1.59 bits per heavy atom. The number of nitriles is 1. The van der Waals surface area contributed by atoms with E-state index in [0.717, 1.165) is 5.33 Å². The number of hydrogen-bond donors (Lipinski definition) is 0. The third-order valence-corrected chi connectivity index (χ3v) is 3.72. The minimum atomic E-state index is -0.556. The van der Waals surface area contributed by atoms with E-state index in [2.05, 4.69) is 15.9 Å². The van der Waals surface area contributed by atoms with E-state index in [1.165, 1.54) is 18.2 Å². The molecule has 1 heterocycles. The number of carbonyl (C=O) groups excluding carboxylic acids is 1. The molecule has 1 saturated heterocycles. The Labute approximate surface area is 107 Å². The van der Waals surface area contributed by atoms with E-state index in [-0.39, 0.29) is 17.4 Å². The predicted octanol–water partition coefficient (Wildman–Crippen LogP) is 2.45. The number of benzene rings is 1. The number of carbonyl (C=O) groups is 1. The Kier molecular flexibility index (Phi) is 3.43. The second kappa shape index (κ2) is 4.84. The van der Waals surface area contributed by atoms with Gasteiger partial charge < -0.3 is 4.90 Å². The molecule has 0 aromatic heterocycles. The van der Waals surface area contributed by atoms with Crippen molar-refractivity contribution in [3.05, 3.63) is 29.6 Å². The molecular formula is C12H10BrFN2O. The summed E-state index contributed by atoms with van der Waals surface area (Å²) in [5.74, 6) is -0.261. The van der Waals surface area contributed by atoms with E-state index in [0.29, 0.717) is 18.7 Å². The average Bonchev–Trinajstić information content (AvgIpc) is 2.71. The fourth-order valence-corrected chi connectivity index (χ4v) is 2.33. The van der Waals surface area contributed by atoms with E-state index in [4.69, 9.17) is 5.26 Å². The average molecular weight is 297 g/mol. The van der Waals surface area contributed by atoms with Gasteiger partial charge in [0.1, 0.15) is 11.9 Å². The minimum absolute atomic E-state index is 0.0185. The zero-order chi connectivity index (χ0) is 12.4. The van der Waals surface area contributed by atoms with Crippen molar-refractivity contribution in [2.24, 2.45) is 5.92 Å². The van der Waals surface area contributed by atoms with Gasteiger partial charge in [0, 0.05) is 24.0 Å². The van der Waals surface area contributed by atoms with E-state index >= 15 is 0 Å². The monoisotopic (exact) mass is 296 g/mol. The molecule has 0 radical (unpaired) electrons. The van der Waals surface area contributed by atoms with Crippen LogP contribution in [0.25, 0.3) is 0 Å². The molecule has 1 unspecified atom stereocenters. The Bertz CT molecular complexity index is 498. The van der Waals surface area contributed by atoms with Crippen LogP contribution in [0.5, 0.6) is 0 Å². The molecular weight excluding hydrogens is 287 g/mol. The Hall–Kier alpha value is -1.41. The van der Waals surface area contributed by atoms with Crippen LogP contribution < -0.4 is 4.90 Å². The van der Waals surface area contributed by atoms with E-state index < -0.39 is 5.82 Å². The second-order valence-electron chi connectivity index (χ2n) is 4.00. The summed E-state index contributed by atoms with van der Waals surface area (Å²) in [5, 5.41) is 9.51. The van der Waals surface area contributed by atoms with Crippen LogP contribution in [-0.2, 0) is 4.79 Å². The highest BCUT2D eigenvalue weighted by Crippen LogP contribution is 2.27. The van der Waals surface area contributed by atoms with Crippen LogP contribution in [0.2, 0.25) is 0 Å². The lowest BCUT2D eigenvalue weighted by Gasteiger charge is -2.16. The maximum Gasteiger partial charge on any atom is 0.227 e. The van der Waals surface area contributed by atoms with Crippen LogP contribution in [-0.4, -0.2) is 17.8 Å². The van der Waals surface area contributed by atoms with Crippen molar-refractivity contribution in [1.82, 2.24) is 0 Å². The summed E-state index contributed by atoms with van der Waals surface area (Å²) in [7, 11) is 0. The molecule has 3 nitrogen and oxygen atoms in total. The first kappa shape index (κ1) is 12.1. The topological polar surface area (TPSA) is 44.1 Å². The van der Waals surface area contributed by atoms with Crippen LogP contribution in [0, 0.1) is 23.1 Å². The number of nitrogens with zero attached hydrogens (tertiary/aromatic N) is 2. The van der Waals surface area contributed by atoms with Crippen LogP contribution in [0.15, 0.2) is 18.2 Å². The van der Waals surface area contributed by atoms with E-state index in [1.54, 1.807) is 11.0 Å². The summed E-state index contributed by atoms with van der Waals surface area (Å²) in [6.45, 7) is 0.612. The zero-order valence-corrected chi connectivity index (χ0v) is 10.6. The molecule has 2 rings (SSSR count). The van der Waals surface area contributed by atoms with Gasteiger partial charge in [0.05, 0.1) is 5.56 Å². The minimum Gasteiger partial charge on any atom is -0.312 e. The zero-order valence-electron chi connectivity index (χ0n) is 8.99. The molecule has 1 amide bonds. The summed E-state index contributed by atoms with van der Waals surface area (Å²) in [5.41, 5.74) is 0.564. The summed E-state index contributed by atoms with van der Waals surface area (Å²) in [4.78, 5) is 13.4. The molecule has 0 spiro atoms. The highest BCUT2D eigenvalue weighted by molar-refractivity contribution is 9.09. The third kappa shape index (κ3) is 2.32. The van der Waals surface area contributed by atoms with Crippen molar-refractivity contribution in [1.29, 1.82) is 5.26 Å². The van der Waals surface area contributed by atoms with Crippen molar-refractivity contribution in [2.45, 2.75) is 6.42 Å². The first-order valence-corrected chi connectivity index (χ1v) is 6.34. The molecule has 1 aromatic carbocycles. The van der Waals surface area contributed by atoms with Crippen LogP contribution in [0.1, 0.15) is 12.0 Å². The van der Waals surface area contributed by atoms with Crippen LogP contribution in [0.4, 0.5) is 10.1 Å². The molecule has 1 fully saturated rings. The van der Waals surface area contributed by atoms with Crippen molar-refractivity contribution in [2.75, 3.05) is 16.8 Å². The number of alkyl halides is 1. The van der Waals surface area contributed by atoms with Crippen molar-refractivity contribution in [3.8, 4) is 6.07 Å². The van der Waals surface area contributed by atoms with Gasteiger partial charge in [-0.2, -0.15) is 5.26 Å². The molecule has 1 aromatic rings. The Morgan fingerprint density at radius 3 is 2.94 bits per heavy atom. The molecule has 0 bridgehead atoms. The lowest BCUT2D eigenvalue weighted by atomic mass is 10.1. The van der Waals surface area contributed by atoms with Crippen molar-refractivity contribution >= 4 is 27.5 Å². The number of hydrogen-bond acceptors (Lipinski definition) is 2. The van der Waals surface area contributed by atoms with Gasteiger partial charge in [-0.1, -0.05) is 15.9 Å². The van der Waals surface area contributed by atoms with E-state index in [1.807, 2.05) is 0 Å². The van der Waals surface area contributed by atoms with Crippen molar-refractivity contribution < 1.29 is 9.18 Å². The summed E-state index contributed by atoms with van der Waals surface area (Å²) < 4.78 is 13.2. The number of halogens is 2. The number of rotatable bonds is 2. The maximum absolute atomic E-state index is 13.2. The van der Waals surface area contributed by atoms with Gasteiger partial charge >= 0.3 is 0 Å². The third-order valence-electron chi connectivity index (χ3n) is 2.81. The molecule has 1 aliphatic heterocycles.